The van der Waals surface area contributed by atoms with Gasteiger partial charge in [-0.05, 0) is 43.2 Å². The van der Waals surface area contributed by atoms with E-state index in [9.17, 15) is 9.59 Å². The second kappa shape index (κ2) is 7.21. The molecule has 1 unspecified atom stereocenters. The number of carbonyl (C=O) groups excluding carboxylic acids is 1. The highest BCUT2D eigenvalue weighted by Gasteiger charge is 2.18. The lowest BCUT2D eigenvalue weighted by atomic mass is 10.1. The topological polar surface area (TPSA) is 68.5 Å². The van der Waals surface area contributed by atoms with Crippen molar-refractivity contribution in [3.05, 3.63) is 70.6 Å². The minimum absolute atomic E-state index is 0.249. The van der Waals surface area contributed by atoms with Gasteiger partial charge in [-0.1, -0.05) is 25.1 Å². The maximum Gasteiger partial charge on any atom is 0.336 e. The Balaban J connectivity index is 1.79. The molecule has 0 saturated heterocycles. The SMILES string of the molecule is CCC(Oc1ccccc1)C(=O)Nc1ccc2c(C)cc(=O)oc2c1. The van der Waals surface area contributed by atoms with Crippen LogP contribution in [0.1, 0.15) is 18.9 Å². The maximum atomic E-state index is 12.5. The van der Waals surface area contributed by atoms with E-state index in [1.807, 2.05) is 50.2 Å². The van der Waals surface area contributed by atoms with E-state index < -0.39 is 11.7 Å². The van der Waals surface area contributed by atoms with E-state index >= 15 is 0 Å². The van der Waals surface area contributed by atoms with Crippen LogP contribution in [0.5, 0.6) is 5.75 Å². The highest BCUT2D eigenvalue weighted by molar-refractivity contribution is 5.96. The van der Waals surface area contributed by atoms with Gasteiger partial charge in [-0.3, -0.25) is 4.79 Å². The Morgan fingerprint density at radius 3 is 2.64 bits per heavy atom. The van der Waals surface area contributed by atoms with Crippen LogP contribution in [0.25, 0.3) is 11.0 Å². The molecule has 3 aromatic rings. The zero-order chi connectivity index (χ0) is 17.8. The molecule has 1 heterocycles. The number of aryl methyl sites for hydroxylation is 1. The van der Waals surface area contributed by atoms with Gasteiger partial charge >= 0.3 is 5.63 Å². The number of ether oxygens (including phenoxy) is 1. The van der Waals surface area contributed by atoms with Gasteiger partial charge in [-0.15, -0.1) is 0 Å². The zero-order valence-corrected chi connectivity index (χ0v) is 14.1. The third-order valence-corrected chi connectivity index (χ3v) is 3.90. The molecule has 0 radical (unpaired) electrons. The third-order valence-electron chi connectivity index (χ3n) is 3.90. The van der Waals surface area contributed by atoms with Crippen molar-refractivity contribution < 1.29 is 13.9 Å². The Labute approximate surface area is 145 Å². The average molecular weight is 337 g/mol. The summed E-state index contributed by atoms with van der Waals surface area (Å²) in [6.45, 7) is 3.73. The standard InChI is InChI=1S/C20H19NO4/c1-3-17(24-15-7-5-4-6-8-15)20(23)21-14-9-10-16-13(2)11-19(22)25-18(16)12-14/h4-12,17H,3H2,1-2H3,(H,21,23). The fourth-order valence-corrected chi connectivity index (χ4v) is 2.61. The first-order valence-corrected chi connectivity index (χ1v) is 8.14. The summed E-state index contributed by atoms with van der Waals surface area (Å²) in [7, 11) is 0. The number of nitrogens with one attached hydrogen (secondary N) is 1. The minimum Gasteiger partial charge on any atom is -0.481 e. The van der Waals surface area contributed by atoms with Crippen molar-refractivity contribution in [2.45, 2.75) is 26.4 Å². The monoisotopic (exact) mass is 337 g/mol. The highest BCUT2D eigenvalue weighted by Crippen LogP contribution is 2.21. The predicted octanol–water partition coefficient (Wildman–Crippen LogP) is 3.90. The number of fused-ring (bicyclic) bond motifs is 1. The molecule has 1 aromatic heterocycles. The van der Waals surface area contributed by atoms with E-state index in [4.69, 9.17) is 9.15 Å². The van der Waals surface area contributed by atoms with E-state index in [0.29, 0.717) is 23.4 Å². The number of anilines is 1. The van der Waals surface area contributed by atoms with Crippen molar-refractivity contribution in [3.63, 3.8) is 0 Å². The molecule has 5 nitrogen and oxygen atoms in total. The molecule has 5 heteroatoms. The summed E-state index contributed by atoms with van der Waals surface area (Å²) in [4.78, 5) is 24.0. The molecule has 0 saturated carbocycles. The molecule has 1 atom stereocenters. The van der Waals surface area contributed by atoms with Crippen LogP contribution in [0.3, 0.4) is 0 Å². The number of rotatable bonds is 5. The molecule has 3 rings (SSSR count). The molecule has 1 N–H and O–H groups in total. The van der Waals surface area contributed by atoms with Crippen LogP contribution in [0.2, 0.25) is 0 Å². The molecule has 0 aliphatic heterocycles. The summed E-state index contributed by atoms with van der Waals surface area (Å²) in [6.07, 6.45) is -0.0784. The van der Waals surface area contributed by atoms with Crippen molar-refractivity contribution in [1.82, 2.24) is 0 Å². The van der Waals surface area contributed by atoms with Crippen molar-refractivity contribution in [2.75, 3.05) is 5.32 Å². The molecule has 0 aliphatic carbocycles. The van der Waals surface area contributed by atoms with Gasteiger partial charge in [0.15, 0.2) is 6.10 Å². The summed E-state index contributed by atoms with van der Waals surface area (Å²) < 4.78 is 10.9. The number of hydrogen-bond donors (Lipinski definition) is 1. The van der Waals surface area contributed by atoms with Crippen LogP contribution in [0, 0.1) is 6.92 Å². The zero-order valence-electron chi connectivity index (χ0n) is 14.1. The molecule has 0 aliphatic rings. The summed E-state index contributed by atoms with van der Waals surface area (Å²) in [5.74, 6) is 0.394. The Kier molecular flexibility index (Phi) is 4.84. The first-order valence-electron chi connectivity index (χ1n) is 8.14. The second-order valence-corrected chi connectivity index (χ2v) is 5.78. The van der Waals surface area contributed by atoms with Gasteiger partial charge in [0.1, 0.15) is 11.3 Å². The fourth-order valence-electron chi connectivity index (χ4n) is 2.61. The number of amides is 1. The molecule has 1 amide bonds. The van der Waals surface area contributed by atoms with Crippen LogP contribution >= 0.6 is 0 Å². The summed E-state index contributed by atoms with van der Waals surface area (Å²) in [6, 6.07) is 15.9. The highest BCUT2D eigenvalue weighted by atomic mass is 16.5. The van der Waals surface area contributed by atoms with Gasteiger partial charge < -0.3 is 14.5 Å². The lowest BCUT2D eigenvalue weighted by molar-refractivity contribution is -0.122. The lowest BCUT2D eigenvalue weighted by Gasteiger charge is -2.17. The Morgan fingerprint density at radius 1 is 1.16 bits per heavy atom. The second-order valence-electron chi connectivity index (χ2n) is 5.78. The Hall–Kier alpha value is -3.08. The fraction of sp³-hybridized carbons (Fsp3) is 0.200. The number of para-hydroxylation sites is 1. The maximum absolute atomic E-state index is 12.5. The Morgan fingerprint density at radius 2 is 1.92 bits per heavy atom. The largest absolute Gasteiger partial charge is 0.481 e. The molecule has 0 fully saturated rings. The summed E-state index contributed by atoms with van der Waals surface area (Å²) in [5.41, 5.74) is 1.43. The van der Waals surface area contributed by atoms with E-state index in [1.165, 1.54) is 6.07 Å². The van der Waals surface area contributed by atoms with Crippen molar-refractivity contribution in [2.24, 2.45) is 0 Å². The van der Waals surface area contributed by atoms with Crippen LogP contribution in [-0.2, 0) is 4.79 Å². The smallest absolute Gasteiger partial charge is 0.336 e. The normalized spacial score (nSPS) is 11.9. The van der Waals surface area contributed by atoms with Gasteiger partial charge in [0.25, 0.3) is 5.91 Å². The van der Waals surface area contributed by atoms with E-state index in [-0.39, 0.29) is 5.91 Å². The average Bonchev–Trinajstić information content (AvgIpc) is 2.60. The van der Waals surface area contributed by atoms with Gasteiger partial charge in [0.05, 0.1) is 0 Å². The molecule has 128 valence electrons. The van der Waals surface area contributed by atoms with Crippen molar-refractivity contribution in [3.8, 4) is 5.75 Å². The molecule has 0 spiro atoms. The molecule has 25 heavy (non-hydrogen) atoms. The quantitative estimate of drug-likeness (QED) is 0.717. The molecular weight excluding hydrogens is 318 g/mol. The van der Waals surface area contributed by atoms with E-state index in [0.717, 1.165) is 10.9 Å². The van der Waals surface area contributed by atoms with Crippen LogP contribution < -0.4 is 15.7 Å². The lowest BCUT2D eigenvalue weighted by Crippen LogP contribution is -2.32. The van der Waals surface area contributed by atoms with Crippen LogP contribution in [0.4, 0.5) is 5.69 Å². The minimum atomic E-state index is -0.609. The van der Waals surface area contributed by atoms with E-state index in [1.54, 1.807) is 12.1 Å². The number of hydrogen-bond acceptors (Lipinski definition) is 4. The first kappa shape index (κ1) is 16.8. The number of carbonyl (C=O) groups is 1. The summed E-state index contributed by atoms with van der Waals surface area (Å²) >= 11 is 0. The number of benzene rings is 2. The van der Waals surface area contributed by atoms with Crippen LogP contribution in [0.15, 0.2) is 63.8 Å². The first-order chi connectivity index (χ1) is 12.1. The molecule has 0 bridgehead atoms. The van der Waals surface area contributed by atoms with Crippen LogP contribution in [-0.4, -0.2) is 12.0 Å². The van der Waals surface area contributed by atoms with Gasteiger partial charge in [0.2, 0.25) is 0 Å². The van der Waals surface area contributed by atoms with Gasteiger partial charge in [-0.2, -0.15) is 0 Å². The van der Waals surface area contributed by atoms with Crippen molar-refractivity contribution >= 4 is 22.6 Å². The third kappa shape index (κ3) is 3.88. The molecular formula is C20H19NO4. The van der Waals surface area contributed by atoms with Crippen molar-refractivity contribution in [1.29, 1.82) is 0 Å². The van der Waals surface area contributed by atoms with Gasteiger partial charge in [-0.25, -0.2) is 4.79 Å². The molecule has 2 aromatic carbocycles. The Bertz CT molecular complexity index is 947. The summed E-state index contributed by atoms with van der Waals surface area (Å²) in [5, 5.41) is 3.66. The van der Waals surface area contributed by atoms with E-state index in [2.05, 4.69) is 5.32 Å². The predicted molar refractivity (Wildman–Crippen MR) is 97.0 cm³/mol. The van der Waals surface area contributed by atoms with Gasteiger partial charge in [0, 0.05) is 23.2 Å².